The van der Waals surface area contributed by atoms with Gasteiger partial charge in [0.05, 0.1) is 46.2 Å². The van der Waals surface area contributed by atoms with Crippen LogP contribution in [-0.4, -0.2) is 152 Å². The van der Waals surface area contributed by atoms with Crippen molar-refractivity contribution in [3.8, 4) is 22.3 Å². The number of nitrogens with zero attached hydrogens (tertiary/aromatic N) is 6. The van der Waals surface area contributed by atoms with Crippen LogP contribution in [0.15, 0.2) is 97.1 Å². The molecule has 5 heterocycles. The van der Waals surface area contributed by atoms with Gasteiger partial charge in [0.15, 0.2) is 0 Å². The molecule has 0 radical (unpaired) electrons. The lowest BCUT2D eigenvalue weighted by Crippen LogP contribution is -2.60. The average Bonchev–Trinajstić information content (AvgIpc) is 4.31. The number of para-hydroxylation sites is 2. The van der Waals surface area contributed by atoms with Gasteiger partial charge in [-0.2, -0.15) is 0 Å². The molecule has 0 aliphatic carbocycles. The molecule has 400 valence electrons. The van der Waals surface area contributed by atoms with E-state index >= 15 is 0 Å². The van der Waals surface area contributed by atoms with E-state index in [2.05, 4.69) is 61.6 Å². The monoisotopic (exact) mass is 1030 g/mol. The van der Waals surface area contributed by atoms with Crippen molar-refractivity contribution in [1.29, 1.82) is 0 Å². The van der Waals surface area contributed by atoms with Crippen LogP contribution >= 0.6 is 0 Å². The summed E-state index contributed by atoms with van der Waals surface area (Å²) in [6, 6.07) is 28.1. The molecule has 3 fully saturated rings. The third kappa shape index (κ3) is 11.5. The van der Waals surface area contributed by atoms with Crippen molar-refractivity contribution in [2.24, 2.45) is 0 Å². The molecule has 6 N–H and O–H groups in total. The summed E-state index contributed by atoms with van der Waals surface area (Å²) in [6.07, 6.45) is 4.48. The Morgan fingerprint density at radius 2 is 1.29 bits per heavy atom. The normalized spacial score (nSPS) is 20.0. The quantitative estimate of drug-likeness (QED) is 0.0520. The number of nitrogens with one attached hydrogen (secondary N) is 6. The maximum absolute atomic E-state index is 14.8. The number of benzene rings is 4. The minimum atomic E-state index is -1.02. The number of imidazole rings is 2. The molecule has 3 aliphatic heterocycles. The molecular weight excluding hydrogens is 961 g/mol. The smallest absolute Gasteiger partial charge is 0.247 e. The number of unbranched alkanes of at least 4 members (excludes halogenated alkanes) is 1. The van der Waals surface area contributed by atoms with Crippen molar-refractivity contribution in [3.63, 3.8) is 0 Å². The van der Waals surface area contributed by atoms with Gasteiger partial charge in [-0.05, 0) is 103 Å². The third-order valence-corrected chi connectivity index (χ3v) is 15.7. The Kier molecular flexibility index (Phi) is 16.9. The fourth-order valence-electron chi connectivity index (χ4n) is 11.2. The standard InChI is InChI=1S/C58H72N12O6/c1-6-67(34-45(63-55(73)36(2)59-4)57(75)69-32-17-26-47(69)53-61-43-24-15-22-41(51(43)65-53)38-18-9-7-10-19-38)49(71)27-13-14-28-50(72)68-33-31-40-29-30-48(70(40)58(76)46(35-68)64-56(74)37(3)60-5)54-62-44-25-16-23-42(52(44)66-54)39-20-11-8-12-21-39/h7-12,15-16,18-25,36-37,40,45-48,59-60H,6,13-14,17,26-35H2,1-5H3,(H,61,65)(H,62,66)(H,63,73)(H,64,74)/t36-,37-,40+,45-,46-,47-,48-/m0/s1. The Labute approximate surface area is 444 Å². The van der Waals surface area contributed by atoms with Crippen LogP contribution in [0.2, 0.25) is 0 Å². The molecule has 3 saturated heterocycles. The summed E-state index contributed by atoms with van der Waals surface area (Å²) in [5.74, 6) is -0.227. The summed E-state index contributed by atoms with van der Waals surface area (Å²) in [5.41, 5.74) is 7.52. The minimum absolute atomic E-state index is 0.00680. The van der Waals surface area contributed by atoms with Crippen molar-refractivity contribution in [1.82, 2.24) is 60.8 Å². The molecule has 76 heavy (non-hydrogen) atoms. The zero-order valence-corrected chi connectivity index (χ0v) is 44.3. The topological polar surface area (TPSA) is 221 Å². The average molecular weight is 1030 g/mol. The van der Waals surface area contributed by atoms with Gasteiger partial charge in [0.2, 0.25) is 35.4 Å². The number of hydrogen-bond acceptors (Lipinski definition) is 10. The highest BCUT2D eigenvalue weighted by atomic mass is 16.2. The Morgan fingerprint density at radius 3 is 1.89 bits per heavy atom. The van der Waals surface area contributed by atoms with Gasteiger partial charge in [0.25, 0.3) is 0 Å². The van der Waals surface area contributed by atoms with Gasteiger partial charge in [0, 0.05) is 62.7 Å². The molecule has 2 aromatic heterocycles. The van der Waals surface area contributed by atoms with E-state index in [0.29, 0.717) is 69.8 Å². The zero-order chi connectivity index (χ0) is 53.5. The SMILES string of the molecule is CCN(C[C@H](NC(=O)[C@H](C)NC)C(=O)N1CCC[C@H]1c1nc2cccc(-c3ccccc3)c2[nH]1)C(=O)CCCCC(=O)N1CC[C@H]2CC[C@@H](c3nc4cccc(-c5ccccc5)c4[nH]3)N2C(=O)[C@@H](NC(=O)[C@H](C)NC)C1. The summed E-state index contributed by atoms with van der Waals surface area (Å²) in [7, 11) is 3.35. The molecule has 0 spiro atoms. The number of aromatic amines is 2. The molecule has 4 aromatic carbocycles. The van der Waals surface area contributed by atoms with E-state index in [1.807, 2.05) is 78.6 Å². The largest absolute Gasteiger partial charge is 0.341 e. The number of carbonyl (C=O) groups excluding carboxylic acids is 6. The molecule has 6 amide bonds. The molecular formula is C58H72N12O6. The zero-order valence-electron chi connectivity index (χ0n) is 44.3. The first-order valence-corrected chi connectivity index (χ1v) is 27.1. The van der Waals surface area contributed by atoms with Crippen LogP contribution < -0.4 is 21.3 Å². The van der Waals surface area contributed by atoms with E-state index in [4.69, 9.17) is 9.97 Å². The van der Waals surface area contributed by atoms with E-state index in [1.165, 1.54) is 0 Å². The lowest BCUT2D eigenvalue weighted by Gasteiger charge is -2.39. The molecule has 3 aliphatic rings. The highest BCUT2D eigenvalue weighted by Gasteiger charge is 2.45. The van der Waals surface area contributed by atoms with Crippen LogP contribution in [0.3, 0.4) is 0 Å². The molecule has 0 bridgehead atoms. The number of aromatic nitrogens is 4. The second-order valence-corrected chi connectivity index (χ2v) is 20.5. The van der Waals surface area contributed by atoms with Crippen molar-refractivity contribution in [2.45, 2.75) is 121 Å². The van der Waals surface area contributed by atoms with Crippen molar-refractivity contribution >= 4 is 57.5 Å². The van der Waals surface area contributed by atoms with Gasteiger partial charge in [-0.25, -0.2) is 9.97 Å². The van der Waals surface area contributed by atoms with Gasteiger partial charge in [-0.3, -0.25) is 28.8 Å². The Balaban J connectivity index is 0.843. The number of likely N-dealkylation sites (N-methyl/N-ethyl adjacent to an activating group) is 3. The first-order chi connectivity index (χ1) is 36.9. The summed E-state index contributed by atoms with van der Waals surface area (Å²) in [4.78, 5) is 108. The van der Waals surface area contributed by atoms with Crippen LogP contribution in [0.25, 0.3) is 44.3 Å². The first kappa shape index (κ1) is 53.4. The lowest BCUT2D eigenvalue weighted by atomic mass is 10.0. The predicted molar refractivity (Wildman–Crippen MR) is 292 cm³/mol. The van der Waals surface area contributed by atoms with Gasteiger partial charge in [-0.1, -0.05) is 84.9 Å². The fraction of sp³-hybridized carbons (Fsp3) is 0.448. The first-order valence-electron chi connectivity index (χ1n) is 27.1. The molecule has 18 heteroatoms. The molecule has 6 aromatic rings. The van der Waals surface area contributed by atoms with Crippen molar-refractivity contribution < 1.29 is 28.8 Å². The van der Waals surface area contributed by atoms with Crippen molar-refractivity contribution in [2.75, 3.05) is 46.8 Å². The number of rotatable bonds is 19. The van der Waals surface area contributed by atoms with Crippen LogP contribution in [0, 0.1) is 0 Å². The van der Waals surface area contributed by atoms with Gasteiger partial charge < -0.3 is 50.8 Å². The number of hydrogen-bond donors (Lipinski definition) is 6. The van der Waals surface area contributed by atoms with E-state index in [9.17, 15) is 28.8 Å². The minimum Gasteiger partial charge on any atom is -0.341 e. The number of likely N-dealkylation sites (tertiary alicyclic amines) is 1. The van der Waals surface area contributed by atoms with E-state index < -0.39 is 24.2 Å². The van der Waals surface area contributed by atoms with Crippen LogP contribution in [-0.2, 0) is 28.8 Å². The predicted octanol–water partition coefficient (Wildman–Crippen LogP) is 6.00. The van der Waals surface area contributed by atoms with Gasteiger partial charge >= 0.3 is 0 Å². The van der Waals surface area contributed by atoms with E-state index in [-0.39, 0.29) is 79.5 Å². The fourth-order valence-corrected chi connectivity index (χ4v) is 11.2. The highest BCUT2D eigenvalue weighted by molar-refractivity contribution is 5.95. The van der Waals surface area contributed by atoms with Gasteiger partial charge in [0.1, 0.15) is 23.7 Å². The highest BCUT2D eigenvalue weighted by Crippen LogP contribution is 2.40. The second kappa shape index (κ2) is 24.0. The Bertz CT molecular complexity index is 3030. The molecule has 7 atom stereocenters. The van der Waals surface area contributed by atoms with E-state index in [0.717, 1.165) is 50.7 Å². The second-order valence-electron chi connectivity index (χ2n) is 20.5. The third-order valence-electron chi connectivity index (χ3n) is 15.7. The van der Waals surface area contributed by atoms with Crippen LogP contribution in [0.4, 0.5) is 0 Å². The van der Waals surface area contributed by atoms with Gasteiger partial charge in [-0.15, -0.1) is 0 Å². The maximum Gasteiger partial charge on any atom is 0.247 e. The summed E-state index contributed by atoms with van der Waals surface area (Å²) >= 11 is 0. The number of H-pyrrole nitrogens is 2. The molecule has 18 nitrogen and oxygen atoms in total. The number of fused-ring (bicyclic) bond motifs is 3. The van der Waals surface area contributed by atoms with Crippen molar-refractivity contribution in [3.05, 3.63) is 109 Å². The van der Waals surface area contributed by atoms with Crippen LogP contribution in [0.5, 0.6) is 0 Å². The molecule has 0 unspecified atom stereocenters. The number of amides is 6. The Morgan fingerprint density at radius 1 is 0.697 bits per heavy atom. The lowest BCUT2D eigenvalue weighted by molar-refractivity contribution is -0.144. The number of carbonyl (C=O) groups is 6. The molecule has 0 saturated carbocycles. The summed E-state index contributed by atoms with van der Waals surface area (Å²) < 4.78 is 0. The maximum atomic E-state index is 14.8. The molecule has 9 rings (SSSR count). The van der Waals surface area contributed by atoms with E-state index in [1.54, 1.807) is 42.6 Å². The van der Waals surface area contributed by atoms with Crippen LogP contribution in [0.1, 0.15) is 102 Å². The summed E-state index contributed by atoms with van der Waals surface area (Å²) in [5, 5.41) is 11.8. The Hall–Kier alpha value is -7.44. The summed E-state index contributed by atoms with van der Waals surface area (Å²) in [6.45, 7) is 6.44.